The monoisotopic (exact) mass is 265 g/mol. The smallest absolute Gasteiger partial charge is 0.227 e. The average molecular weight is 265 g/mol. The number of aryl methyl sites for hydroxylation is 2. The van der Waals surface area contributed by atoms with Gasteiger partial charge in [-0.15, -0.1) is 0 Å². The van der Waals surface area contributed by atoms with Crippen LogP contribution in [0, 0.1) is 0 Å². The standard InChI is InChI=1S/C14H23N3O2/c1-3-6-12-15-13(19-16-12)8-9-14(18)17-10-5-4-7-11(17)2/h11H,3-10H2,1-2H3/t11-/m1/s1. The second-order valence-electron chi connectivity index (χ2n) is 5.29. The Morgan fingerprint density at radius 2 is 2.26 bits per heavy atom. The van der Waals surface area contributed by atoms with Gasteiger partial charge in [0.15, 0.2) is 5.82 Å². The molecule has 106 valence electrons. The van der Waals surface area contributed by atoms with Crippen LogP contribution in [0.3, 0.4) is 0 Å². The van der Waals surface area contributed by atoms with Gasteiger partial charge >= 0.3 is 0 Å². The van der Waals surface area contributed by atoms with E-state index in [0.29, 0.717) is 24.8 Å². The first-order valence-corrected chi connectivity index (χ1v) is 7.31. The molecular formula is C14H23N3O2. The quantitative estimate of drug-likeness (QED) is 0.820. The Bertz CT molecular complexity index is 417. The second kappa shape index (κ2) is 6.68. The molecular weight excluding hydrogens is 242 g/mol. The fourth-order valence-electron chi connectivity index (χ4n) is 2.54. The molecule has 1 fully saturated rings. The molecule has 2 rings (SSSR count). The fourth-order valence-corrected chi connectivity index (χ4v) is 2.54. The molecule has 0 radical (unpaired) electrons. The van der Waals surface area contributed by atoms with Crippen molar-refractivity contribution in [2.45, 2.75) is 64.8 Å². The Kier molecular flexibility index (Phi) is 4.93. The van der Waals surface area contributed by atoms with Gasteiger partial charge in [0.1, 0.15) is 0 Å². The highest BCUT2D eigenvalue weighted by Crippen LogP contribution is 2.17. The molecule has 1 aliphatic heterocycles. The van der Waals surface area contributed by atoms with Crippen molar-refractivity contribution in [3.8, 4) is 0 Å². The number of hydrogen-bond donors (Lipinski definition) is 0. The van der Waals surface area contributed by atoms with Gasteiger partial charge in [-0.3, -0.25) is 4.79 Å². The molecule has 0 spiro atoms. The van der Waals surface area contributed by atoms with Crippen molar-refractivity contribution in [3.05, 3.63) is 11.7 Å². The Morgan fingerprint density at radius 3 is 3.00 bits per heavy atom. The van der Waals surface area contributed by atoms with Crippen LogP contribution in [-0.2, 0) is 17.6 Å². The van der Waals surface area contributed by atoms with Gasteiger partial charge in [0, 0.05) is 31.8 Å². The second-order valence-corrected chi connectivity index (χ2v) is 5.29. The number of carbonyl (C=O) groups excluding carboxylic acids is 1. The van der Waals surface area contributed by atoms with Crippen LogP contribution in [0.4, 0.5) is 0 Å². The molecule has 1 amide bonds. The molecule has 1 aliphatic rings. The van der Waals surface area contributed by atoms with Crippen LogP contribution in [0.15, 0.2) is 4.52 Å². The molecule has 1 atom stereocenters. The molecule has 5 nitrogen and oxygen atoms in total. The summed E-state index contributed by atoms with van der Waals surface area (Å²) in [5.74, 6) is 1.54. The number of rotatable bonds is 5. The van der Waals surface area contributed by atoms with Crippen molar-refractivity contribution in [1.82, 2.24) is 15.0 Å². The fraction of sp³-hybridized carbons (Fsp3) is 0.786. The van der Waals surface area contributed by atoms with Crippen molar-refractivity contribution in [2.75, 3.05) is 6.54 Å². The van der Waals surface area contributed by atoms with Crippen LogP contribution >= 0.6 is 0 Å². The largest absolute Gasteiger partial charge is 0.340 e. The van der Waals surface area contributed by atoms with E-state index in [1.165, 1.54) is 6.42 Å². The zero-order valence-electron chi connectivity index (χ0n) is 11.9. The van der Waals surface area contributed by atoms with E-state index in [4.69, 9.17) is 4.52 Å². The Hall–Kier alpha value is -1.39. The van der Waals surface area contributed by atoms with Crippen molar-refractivity contribution < 1.29 is 9.32 Å². The van der Waals surface area contributed by atoms with Gasteiger partial charge in [-0.2, -0.15) is 4.98 Å². The molecule has 0 saturated carbocycles. The lowest BCUT2D eigenvalue weighted by Crippen LogP contribution is -2.42. The van der Waals surface area contributed by atoms with E-state index in [9.17, 15) is 4.79 Å². The molecule has 1 aromatic heterocycles. The molecule has 0 aliphatic carbocycles. The summed E-state index contributed by atoms with van der Waals surface area (Å²) in [5, 5.41) is 3.90. The molecule has 2 heterocycles. The maximum Gasteiger partial charge on any atom is 0.227 e. The first kappa shape index (κ1) is 14.0. The molecule has 0 unspecified atom stereocenters. The number of carbonyl (C=O) groups is 1. The summed E-state index contributed by atoms with van der Waals surface area (Å²) in [6.07, 6.45) is 6.33. The molecule has 0 N–H and O–H groups in total. The van der Waals surface area contributed by atoms with Crippen molar-refractivity contribution in [1.29, 1.82) is 0 Å². The molecule has 1 aromatic rings. The van der Waals surface area contributed by atoms with E-state index < -0.39 is 0 Å². The van der Waals surface area contributed by atoms with Crippen LogP contribution in [0.5, 0.6) is 0 Å². The molecule has 19 heavy (non-hydrogen) atoms. The van der Waals surface area contributed by atoms with Crippen LogP contribution in [0.25, 0.3) is 0 Å². The number of amides is 1. The van der Waals surface area contributed by atoms with E-state index in [1.807, 2.05) is 4.90 Å². The van der Waals surface area contributed by atoms with Gasteiger partial charge < -0.3 is 9.42 Å². The Balaban J connectivity index is 1.81. The van der Waals surface area contributed by atoms with Gasteiger partial charge in [0.05, 0.1) is 0 Å². The zero-order chi connectivity index (χ0) is 13.7. The third-order valence-corrected chi connectivity index (χ3v) is 3.66. The van der Waals surface area contributed by atoms with E-state index in [2.05, 4.69) is 24.0 Å². The number of hydrogen-bond acceptors (Lipinski definition) is 4. The normalized spacial score (nSPS) is 19.7. The van der Waals surface area contributed by atoms with Crippen molar-refractivity contribution in [3.63, 3.8) is 0 Å². The van der Waals surface area contributed by atoms with Gasteiger partial charge in [-0.05, 0) is 32.6 Å². The molecule has 0 bridgehead atoms. The van der Waals surface area contributed by atoms with Crippen LogP contribution in [0.2, 0.25) is 0 Å². The number of likely N-dealkylation sites (tertiary alicyclic amines) is 1. The minimum absolute atomic E-state index is 0.211. The minimum atomic E-state index is 0.211. The molecule has 0 aromatic carbocycles. The summed E-state index contributed by atoms with van der Waals surface area (Å²) in [4.78, 5) is 18.4. The van der Waals surface area contributed by atoms with E-state index >= 15 is 0 Å². The van der Waals surface area contributed by atoms with E-state index in [-0.39, 0.29) is 5.91 Å². The summed E-state index contributed by atoms with van der Waals surface area (Å²) < 4.78 is 5.15. The number of aromatic nitrogens is 2. The predicted octanol–water partition coefficient (Wildman–Crippen LogP) is 2.36. The van der Waals surface area contributed by atoms with Gasteiger partial charge in [-0.25, -0.2) is 0 Å². The summed E-state index contributed by atoms with van der Waals surface area (Å²) in [6.45, 7) is 5.10. The van der Waals surface area contributed by atoms with E-state index in [1.54, 1.807) is 0 Å². The first-order chi connectivity index (χ1) is 9.20. The maximum absolute atomic E-state index is 12.2. The summed E-state index contributed by atoms with van der Waals surface area (Å²) in [5.41, 5.74) is 0. The number of piperidine rings is 1. The minimum Gasteiger partial charge on any atom is -0.340 e. The number of nitrogens with zero attached hydrogens (tertiary/aromatic N) is 3. The summed E-state index contributed by atoms with van der Waals surface area (Å²) in [6, 6.07) is 0.375. The highest BCUT2D eigenvalue weighted by molar-refractivity contribution is 5.76. The lowest BCUT2D eigenvalue weighted by molar-refractivity contribution is -0.134. The van der Waals surface area contributed by atoms with E-state index in [0.717, 1.165) is 38.1 Å². The zero-order valence-corrected chi connectivity index (χ0v) is 11.9. The van der Waals surface area contributed by atoms with Crippen LogP contribution in [0.1, 0.15) is 57.7 Å². The van der Waals surface area contributed by atoms with Crippen LogP contribution < -0.4 is 0 Å². The van der Waals surface area contributed by atoms with Crippen molar-refractivity contribution in [2.24, 2.45) is 0 Å². The summed E-state index contributed by atoms with van der Waals surface area (Å²) >= 11 is 0. The van der Waals surface area contributed by atoms with Gasteiger partial charge in [-0.1, -0.05) is 12.1 Å². The SMILES string of the molecule is CCCc1noc(CCC(=O)N2CCCC[C@H]2C)n1. The van der Waals surface area contributed by atoms with Crippen LogP contribution in [-0.4, -0.2) is 33.5 Å². The lowest BCUT2D eigenvalue weighted by Gasteiger charge is -2.33. The average Bonchev–Trinajstić information content (AvgIpc) is 2.85. The summed E-state index contributed by atoms with van der Waals surface area (Å²) in [7, 11) is 0. The molecule has 5 heteroatoms. The Morgan fingerprint density at radius 1 is 1.42 bits per heavy atom. The highest BCUT2D eigenvalue weighted by Gasteiger charge is 2.23. The molecule has 1 saturated heterocycles. The first-order valence-electron chi connectivity index (χ1n) is 7.31. The predicted molar refractivity (Wildman–Crippen MR) is 71.6 cm³/mol. The lowest BCUT2D eigenvalue weighted by atomic mass is 10.0. The van der Waals surface area contributed by atoms with Gasteiger partial charge in [0.2, 0.25) is 11.8 Å². The Labute approximate surface area is 114 Å². The highest BCUT2D eigenvalue weighted by atomic mass is 16.5. The third-order valence-electron chi connectivity index (χ3n) is 3.66. The maximum atomic E-state index is 12.2. The topological polar surface area (TPSA) is 59.2 Å². The third kappa shape index (κ3) is 3.78. The van der Waals surface area contributed by atoms with Gasteiger partial charge in [0.25, 0.3) is 0 Å². The van der Waals surface area contributed by atoms with Crippen molar-refractivity contribution >= 4 is 5.91 Å².